The number of fused-ring (bicyclic) bond motifs is 10. The van der Waals surface area contributed by atoms with Gasteiger partial charge in [-0.2, -0.15) is 0 Å². The summed E-state index contributed by atoms with van der Waals surface area (Å²) in [5, 5.41) is 5.27. The molecule has 2 fully saturated rings. The average molecular weight is 879 g/mol. The number of hydrogen-bond donors (Lipinski definition) is 0. The van der Waals surface area contributed by atoms with Crippen LogP contribution in [0.4, 0.5) is 0 Å². The molecule has 0 heterocycles. The Kier molecular flexibility index (Phi) is 9.88. The molecule has 3 heteroatoms. The minimum absolute atomic E-state index is 0. The maximum Gasteiger partial charge on any atom is -1.00 e. The zero-order valence-corrected chi connectivity index (χ0v) is 39.3. The summed E-state index contributed by atoms with van der Waals surface area (Å²) >= 11 is -3.10. The maximum absolute atomic E-state index is 3.10. The molecule has 0 N–H and O–H groups in total. The molecule has 0 aromatic heterocycles. The van der Waals surface area contributed by atoms with Gasteiger partial charge in [-0.3, -0.25) is 0 Å². The van der Waals surface area contributed by atoms with Gasteiger partial charge < -0.3 is 24.8 Å². The van der Waals surface area contributed by atoms with E-state index in [4.69, 9.17) is 0 Å². The Hall–Kier alpha value is -3.35. The minimum atomic E-state index is -3.10. The van der Waals surface area contributed by atoms with E-state index in [0.29, 0.717) is 9.54 Å². The van der Waals surface area contributed by atoms with Gasteiger partial charge in [-0.05, 0) is 0 Å². The van der Waals surface area contributed by atoms with Crippen molar-refractivity contribution >= 4 is 24.8 Å². The minimum Gasteiger partial charge on any atom is -1.00 e. The summed E-state index contributed by atoms with van der Waals surface area (Å²) in [5.41, 5.74) is 3.54. The number of allylic oxidation sites excluding steroid dienone is 16. The summed E-state index contributed by atoms with van der Waals surface area (Å²) in [4.78, 5) is 0. The SMILES string of the molecule is CC1=CC=CC2[CH]([Zr+2]([C]3=CC=CC3)=[C](c3ccc4ccccc4c3)c3ccc4ccccc4c3)C3(C)C4(C)C=CC=CC4(C)C4(C)C=CC=CC4(C)C3(C)C12C.[Cl-].[Cl-]. The summed E-state index contributed by atoms with van der Waals surface area (Å²) in [6, 6.07) is 32.8. The first kappa shape index (κ1) is 41.4. The van der Waals surface area contributed by atoms with Gasteiger partial charge in [0.25, 0.3) is 0 Å². The van der Waals surface area contributed by atoms with E-state index in [9.17, 15) is 0 Å². The molecule has 0 aliphatic heterocycles. The van der Waals surface area contributed by atoms with Crippen LogP contribution >= 0.6 is 0 Å². The molecule has 0 nitrogen and oxygen atoms in total. The zero-order chi connectivity index (χ0) is 38.9. The third-order valence-corrected chi connectivity index (χ3v) is 27.5. The van der Waals surface area contributed by atoms with Gasteiger partial charge in [-0.15, -0.1) is 0 Å². The summed E-state index contributed by atoms with van der Waals surface area (Å²) < 4.78 is 3.86. The van der Waals surface area contributed by atoms with Crippen molar-refractivity contribution in [2.24, 2.45) is 43.8 Å². The summed E-state index contributed by atoms with van der Waals surface area (Å²) in [5.74, 6) is 0.383. The van der Waals surface area contributed by atoms with E-state index in [2.05, 4.69) is 225 Å². The Labute approximate surface area is 367 Å². The monoisotopic (exact) mass is 876 g/mol. The predicted octanol–water partition coefficient (Wildman–Crippen LogP) is 8.28. The van der Waals surface area contributed by atoms with Crippen LogP contribution in [0, 0.1) is 43.8 Å². The standard InChI is InChI=1S/C29H37.C21H14.C5H5.2ClH.Zr/c1-21-14-13-15-22-20-27(6)25(4)18-10-9-16-23(25,2)24(3)17-11-12-19-26(24,5)29(27,8)28(21,22)7;1-3-7-20-14-16(9-11-18(20)5-1)13-17-10-12-19-6-2-4-8-21(19)15-17;1-2-4-5-3-1;;;/h9-20,22H,1-8H3;1-12,14-15H;1-3H,4H2;2*1H;/q;;;;;+2/p-2. The van der Waals surface area contributed by atoms with Crippen LogP contribution in [-0.2, 0) is 21.3 Å². The van der Waals surface area contributed by atoms with Crippen LogP contribution in [0.3, 0.4) is 0 Å². The van der Waals surface area contributed by atoms with Crippen molar-refractivity contribution in [2.45, 2.75) is 65.4 Å². The first-order chi connectivity index (χ1) is 26.8. The summed E-state index contributed by atoms with van der Waals surface area (Å²) in [6.07, 6.45) is 36.3. The van der Waals surface area contributed by atoms with Gasteiger partial charge in [0, 0.05) is 0 Å². The second kappa shape index (κ2) is 13.8. The fourth-order valence-corrected chi connectivity index (χ4v) is 25.7. The Morgan fingerprint density at radius 1 is 0.552 bits per heavy atom. The molecule has 6 aliphatic carbocycles. The normalized spacial score (nSPS) is 37.1. The fraction of sp³-hybridized carbons (Fsp3) is 0.327. The predicted molar refractivity (Wildman–Crippen MR) is 236 cm³/mol. The Morgan fingerprint density at radius 3 is 1.59 bits per heavy atom. The van der Waals surface area contributed by atoms with Crippen LogP contribution in [0.5, 0.6) is 0 Å². The fourth-order valence-electron chi connectivity index (χ4n) is 14.6. The van der Waals surface area contributed by atoms with E-state index < -0.39 is 21.3 Å². The molecule has 0 radical (unpaired) electrons. The van der Waals surface area contributed by atoms with E-state index in [-0.39, 0.29) is 62.7 Å². The van der Waals surface area contributed by atoms with E-state index in [0.717, 1.165) is 6.42 Å². The van der Waals surface area contributed by atoms with Gasteiger partial charge in [-0.25, -0.2) is 0 Å². The summed E-state index contributed by atoms with van der Waals surface area (Å²) in [6.45, 7) is 21.4. The molecule has 4 aromatic carbocycles. The molecular formula is C55H56Cl2Zr. The number of halogens is 2. The Balaban J connectivity index is 0.00000235. The maximum atomic E-state index is 2.82. The van der Waals surface area contributed by atoms with Gasteiger partial charge in [0.05, 0.1) is 0 Å². The van der Waals surface area contributed by atoms with E-state index in [1.54, 1.807) is 12.1 Å². The molecule has 0 saturated heterocycles. The van der Waals surface area contributed by atoms with Crippen LogP contribution in [0.2, 0.25) is 3.63 Å². The number of benzene rings is 4. The smallest absolute Gasteiger partial charge is 1.00 e. The zero-order valence-electron chi connectivity index (χ0n) is 35.3. The van der Waals surface area contributed by atoms with Crippen molar-refractivity contribution in [2.75, 3.05) is 0 Å². The second-order valence-electron chi connectivity index (χ2n) is 19.3. The van der Waals surface area contributed by atoms with Gasteiger partial charge in [0.2, 0.25) is 0 Å². The average Bonchev–Trinajstić information content (AvgIpc) is 3.80. The molecule has 2 saturated carbocycles. The van der Waals surface area contributed by atoms with E-state index >= 15 is 0 Å². The third-order valence-electron chi connectivity index (χ3n) is 18.3. The van der Waals surface area contributed by atoms with Crippen molar-refractivity contribution in [3.63, 3.8) is 0 Å². The molecule has 294 valence electrons. The Morgan fingerprint density at radius 2 is 1.05 bits per heavy atom. The van der Waals surface area contributed by atoms with Gasteiger partial charge >= 0.3 is 345 Å². The van der Waals surface area contributed by atoms with Gasteiger partial charge in [0.1, 0.15) is 0 Å². The molecule has 9 unspecified atom stereocenters. The van der Waals surface area contributed by atoms with Gasteiger partial charge in [0.15, 0.2) is 0 Å². The van der Waals surface area contributed by atoms with Crippen molar-refractivity contribution in [1.82, 2.24) is 0 Å². The molecule has 6 aliphatic rings. The van der Waals surface area contributed by atoms with Crippen molar-refractivity contribution in [1.29, 1.82) is 0 Å². The second-order valence-corrected chi connectivity index (χ2v) is 25.6. The van der Waals surface area contributed by atoms with Crippen LogP contribution in [-0.4, -0.2) is 3.21 Å². The van der Waals surface area contributed by atoms with Crippen LogP contribution in [0.25, 0.3) is 21.5 Å². The van der Waals surface area contributed by atoms with E-state index in [1.807, 2.05) is 0 Å². The molecule has 9 atom stereocenters. The largest absolute Gasteiger partial charge is 1.00 e. The van der Waals surface area contributed by atoms with Crippen LogP contribution in [0.15, 0.2) is 179 Å². The Bertz CT molecular complexity index is 2580. The molecule has 0 spiro atoms. The number of hydrogen-bond acceptors (Lipinski definition) is 0. The topological polar surface area (TPSA) is 0 Å². The van der Waals surface area contributed by atoms with Crippen molar-refractivity contribution in [3.05, 3.63) is 190 Å². The third kappa shape index (κ3) is 4.71. The van der Waals surface area contributed by atoms with Gasteiger partial charge in [-0.1, -0.05) is 0 Å². The molecule has 0 amide bonds. The van der Waals surface area contributed by atoms with Crippen molar-refractivity contribution < 1.29 is 46.1 Å². The number of rotatable bonds is 4. The van der Waals surface area contributed by atoms with E-state index in [1.165, 1.54) is 32.7 Å². The van der Waals surface area contributed by atoms with Crippen LogP contribution < -0.4 is 24.8 Å². The summed E-state index contributed by atoms with van der Waals surface area (Å²) in [7, 11) is 0. The molecule has 0 bridgehead atoms. The quantitative estimate of drug-likeness (QED) is 0.194. The molecule has 58 heavy (non-hydrogen) atoms. The van der Waals surface area contributed by atoms with Crippen molar-refractivity contribution in [3.8, 4) is 0 Å². The molecule has 10 rings (SSSR count). The first-order valence-electron chi connectivity index (χ1n) is 21.0. The van der Waals surface area contributed by atoms with Crippen LogP contribution in [0.1, 0.15) is 72.9 Å². The molecular weight excluding hydrogens is 823 g/mol. The molecule has 4 aromatic rings. The first-order valence-corrected chi connectivity index (χ1v) is 24.9.